The van der Waals surface area contributed by atoms with Crippen LogP contribution in [0, 0.1) is 0 Å². The van der Waals surface area contributed by atoms with Crippen molar-refractivity contribution in [3.63, 3.8) is 0 Å². The van der Waals surface area contributed by atoms with Gasteiger partial charge in [-0.15, -0.1) is 0 Å². The molecule has 0 saturated heterocycles. The summed E-state index contributed by atoms with van der Waals surface area (Å²) in [6, 6.07) is 13.7. The largest absolute Gasteiger partial charge is 0.320 e. The zero-order chi connectivity index (χ0) is 18.9. The van der Waals surface area contributed by atoms with E-state index in [4.69, 9.17) is 0 Å². The van der Waals surface area contributed by atoms with E-state index in [0.29, 0.717) is 11.4 Å². The van der Waals surface area contributed by atoms with Gasteiger partial charge in [-0.2, -0.15) is 0 Å². The number of nitrogens with one attached hydrogen (secondary N) is 2. The lowest BCUT2D eigenvalue weighted by molar-refractivity contribution is -0.110. The van der Waals surface area contributed by atoms with E-state index in [1.165, 1.54) is 18.6 Å². The summed E-state index contributed by atoms with van der Waals surface area (Å²) >= 11 is 0. The predicted molar refractivity (Wildman–Crippen MR) is 105 cm³/mol. The van der Waals surface area contributed by atoms with Crippen LogP contribution in [-0.4, -0.2) is 26.1 Å². The molecule has 1 aliphatic carbocycles. The van der Waals surface area contributed by atoms with E-state index in [1.54, 1.807) is 12.1 Å². The van der Waals surface area contributed by atoms with E-state index in [-0.39, 0.29) is 16.8 Å². The summed E-state index contributed by atoms with van der Waals surface area (Å²) in [6.45, 7) is 0. The van der Waals surface area contributed by atoms with Crippen molar-refractivity contribution in [2.24, 2.45) is 4.99 Å². The Labute approximate surface area is 158 Å². The fourth-order valence-corrected chi connectivity index (χ4v) is 4.86. The maximum atomic E-state index is 12.6. The normalized spacial score (nSPS) is 19.1. The zero-order valence-electron chi connectivity index (χ0n) is 14.8. The van der Waals surface area contributed by atoms with Crippen LogP contribution in [0.5, 0.6) is 0 Å². The smallest absolute Gasteiger partial charge is 0.275 e. The van der Waals surface area contributed by atoms with Crippen molar-refractivity contribution in [3.8, 4) is 0 Å². The molecule has 1 fully saturated rings. The number of nitrogens with zero attached hydrogens (tertiary/aromatic N) is 1. The van der Waals surface area contributed by atoms with E-state index >= 15 is 0 Å². The first-order chi connectivity index (χ1) is 13.0. The van der Waals surface area contributed by atoms with Crippen molar-refractivity contribution in [2.75, 3.05) is 5.32 Å². The highest BCUT2D eigenvalue weighted by Gasteiger charge is 2.25. The van der Waals surface area contributed by atoms with Crippen LogP contribution in [0.25, 0.3) is 0 Å². The molecule has 7 heteroatoms. The van der Waals surface area contributed by atoms with Gasteiger partial charge in [0, 0.05) is 11.6 Å². The van der Waals surface area contributed by atoms with Gasteiger partial charge in [-0.3, -0.25) is 4.79 Å². The summed E-state index contributed by atoms with van der Waals surface area (Å²) < 4.78 is 27.9. The maximum Gasteiger partial charge on any atom is 0.275 e. The molecule has 0 atom stereocenters. The van der Waals surface area contributed by atoms with Gasteiger partial charge in [0.05, 0.1) is 16.3 Å². The number of hydrogen-bond donors (Lipinski definition) is 2. The standard InChI is InChI=1S/C20H21N3O3S/c24-20-19(17-8-4-5-9-18(17)22-20)21-14-10-12-16(13-11-14)27(25,26)23-15-6-2-1-3-7-15/h4-5,8-13,15,23H,1-3,6-7H2,(H,21,22,24). The average molecular weight is 383 g/mol. The molecule has 1 aliphatic heterocycles. The Balaban J connectivity index is 1.55. The molecule has 0 aromatic heterocycles. The highest BCUT2D eigenvalue weighted by atomic mass is 32.2. The van der Waals surface area contributed by atoms with Gasteiger partial charge in [0.2, 0.25) is 10.0 Å². The lowest BCUT2D eigenvalue weighted by atomic mass is 9.96. The SMILES string of the molecule is O=C1Nc2ccccc2C1=Nc1ccc(S(=O)(=O)NC2CCCCC2)cc1. The minimum Gasteiger partial charge on any atom is -0.320 e. The van der Waals surface area contributed by atoms with Crippen LogP contribution in [-0.2, 0) is 14.8 Å². The fraction of sp³-hybridized carbons (Fsp3) is 0.300. The summed E-state index contributed by atoms with van der Waals surface area (Å²) in [5, 5.41) is 2.77. The third kappa shape index (κ3) is 3.79. The number of fused-ring (bicyclic) bond motifs is 1. The summed E-state index contributed by atoms with van der Waals surface area (Å²) in [4.78, 5) is 16.8. The number of sulfonamides is 1. The number of hydrogen-bond acceptors (Lipinski definition) is 4. The van der Waals surface area contributed by atoms with Gasteiger partial charge >= 0.3 is 0 Å². The topological polar surface area (TPSA) is 87.6 Å². The van der Waals surface area contributed by atoms with Gasteiger partial charge in [0.15, 0.2) is 0 Å². The quantitative estimate of drug-likeness (QED) is 0.848. The average Bonchev–Trinajstić information content (AvgIpc) is 2.98. The third-order valence-electron chi connectivity index (χ3n) is 4.96. The molecule has 0 spiro atoms. The van der Waals surface area contributed by atoms with E-state index < -0.39 is 10.0 Å². The van der Waals surface area contributed by atoms with Gasteiger partial charge < -0.3 is 5.32 Å². The second-order valence-corrected chi connectivity index (χ2v) is 8.62. The molecule has 2 aromatic carbocycles. The van der Waals surface area contributed by atoms with E-state index in [2.05, 4.69) is 15.0 Å². The lowest BCUT2D eigenvalue weighted by Crippen LogP contribution is -2.36. The molecule has 0 unspecified atom stereocenters. The Morgan fingerprint density at radius 3 is 2.41 bits per heavy atom. The Morgan fingerprint density at radius 1 is 0.963 bits per heavy atom. The molecule has 27 heavy (non-hydrogen) atoms. The van der Waals surface area contributed by atoms with Crippen LogP contribution < -0.4 is 10.0 Å². The minimum atomic E-state index is -3.54. The molecule has 0 radical (unpaired) electrons. The molecule has 2 aromatic rings. The van der Waals surface area contributed by atoms with Crippen molar-refractivity contribution < 1.29 is 13.2 Å². The number of benzene rings is 2. The highest BCUT2D eigenvalue weighted by Crippen LogP contribution is 2.26. The van der Waals surface area contributed by atoms with Crippen molar-refractivity contribution in [2.45, 2.75) is 43.0 Å². The van der Waals surface area contributed by atoms with Crippen LogP contribution in [0.4, 0.5) is 11.4 Å². The van der Waals surface area contributed by atoms with E-state index in [0.717, 1.165) is 36.9 Å². The number of anilines is 1. The summed E-state index contributed by atoms with van der Waals surface area (Å²) in [5.74, 6) is -0.258. The molecule has 4 rings (SSSR count). The molecular weight excluding hydrogens is 362 g/mol. The summed E-state index contributed by atoms with van der Waals surface area (Å²) in [7, 11) is -3.54. The number of amides is 1. The number of rotatable bonds is 4. The highest BCUT2D eigenvalue weighted by molar-refractivity contribution is 7.89. The first-order valence-corrected chi connectivity index (χ1v) is 10.6. The van der Waals surface area contributed by atoms with E-state index in [9.17, 15) is 13.2 Å². The van der Waals surface area contributed by atoms with Gasteiger partial charge in [-0.1, -0.05) is 37.5 Å². The molecule has 140 valence electrons. The molecule has 0 bridgehead atoms. The summed E-state index contributed by atoms with van der Waals surface area (Å²) in [5.41, 5.74) is 2.35. The first kappa shape index (κ1) is 17.9. The van der Waals surface area contributed by atoms with E-state index in [1.807, 2.05) is 24.3 Å². The van der Waals surface area contributed by atoms with Gasteiger partial charge in [0.25, 0.3) is 5.91 Å². The number of para-hydroxylation sites is 1. The fourth-order valence-electron chi connectivity index (χ4n) is 3.55. The predicted octanol–water partition coefficient (Wildman–Crippen LogP) is 3.37. The molecule has 1 heterocycles. The Kier molecular flexibility index (Phi) is 4.80. The zero-order valence-corrected chi connectivity index (χ0v) is 15.6. The molecule has 2 N–H and O–H groups in total. The molecule has 2 aliphatic rings. The Morgan fingerprint density at radius 2 is 1.67 bits per heavy atom. The van der Waals surface area contributed by atoms with Crippen LogP contribution >= 0.6 is 0 Å². The summed E-state index contributed by atoms with van der Waals surface area (Å²) in [6.07, 6.45) is 5.07. The van der Waals surface area contributed by atoms with Gasteiger partial charge in [-0.05, 0) is 43.2 Å². The van der Waals surface area contributed by atoms with Crippen molar-refractivity contribution in [1.29, 1.82) is 0 Å². The lowest BCUT2D eigenvalue weighted by Gasteiger charge is -2.22. The number of carbonyl (C=O) groups excluding carboxylic acids is 1. The van der Waals surface area contributed by atoms with Gasteiger partial charge in [-0.25, -0.2) is 18.1 Å². The molecule has 1 amide bonds. The Hall–Kier alpha value is -2.51. The van der Waals surface area contributed by atoms with Crippen molar-refractivity contribution >= 4 is 33.0 Å². The van der Waals surface area contributed by atoms with Crippen molar-refractivity contribution in [1.82, 2.24) is 4.72 Å². The Bertz CT molecular complexity index is 991. The molecular formula is C20H21N3O3S. The van der Waals surface area contributed by atoms with Crippen molar-refractivity contribution in [3.05, 3.63) is 54.1 Å². The second kappa shape index (κ2) is 7.25. The van der Waals surface area contributed by atoms with Crippen LogP contribution in [0.15, 0.2) is 58.4 Å². The first-order valence-electron chi connectivity index (χ1n) is 9.15. The minimum absolute atomic E-state index is 0.0161. The van der Waals surface area contributed by atoms with Gasteiger partial charge in [0.1, 0.15) is 5.71 Å². The van der Waals surface area contributed by atoms with Crippen LogP contribution in [0.3, 0.4) is 0 Å². The third-order valence-corrected chi connectivity index (χ3v) is 6.50. The monoisotopic (exact) mass is 383 g/mol. The second-order valence-electron chi connectivity index (χ2n) is 6.91. The van der Waals surface area contributed by atoms with Crippen LogP contribution in [0.2, 0.25) is 0 Å². The maximum absolute atomic E-state index is 12.6. The number of aliphatic imine (C=N–C) groups is 1. The van der Waals surface area contributed by atoms with Crippen LogP contribution in [0.1, 0.15) is 37.7 Å². The molecule has 1 saturated carbocycles. The number of carbonyl (C=O) groups is 1. The molecule has 6 nitrogen and oxygen atoms in total.